The Morgan fingerprint density at radius 1 is 1.06 bits per heavy atom. The predicted octanol–water partition coefficient (Wildman–Crippen LogP) is 3.62. The molecule has 8 nitrogen and oxygen atoms in total. The molecule has 0 aliphatic carbocycles. The molecular formula is C21H18ClN3O5S. The molecule has 160 valence electrons. The number of nitrogens with zero attached hydrogens (tertiary/aromatic N) is 1. The fourth-order valence-electron chi connectivity index (χ4n) is 2.55. The summed E-state index contributed by atoms with van der Waals surface area (Å²) in [6.07, 6.45) is 1.28. The highest BCUT2D eigenvalue weighted by molar-refractivity contribution is 7.92. The lowest BCUT2D eigenvalue weighted by atomic mass is 10.2. The maximum absolute atomic E-state index is 12.4. The molecule has 0 saturated heterocycles. The summed E-state index contributed by atoms with van der Waals surface area (Å²) in [4.78, 5) is 12.3. The van der Waals surface area contributed by atoms with E-state index in [9.17, 15) is 18.3 Å². The smallest absolute Gasteiger partial charge is 0.271 e. The molecule has 0 spiro atoms. The third-order valence-corrected chi connectivity index (χ3v) is 5.79. The molecular weight excluding hydrogens is 442 g/mol. The highest BCUT2D eigenvalue weighted by atomic mass is 35.5. The number of methoxy groups -OCH3 is 1. The van der Waals surface area contributed by atoms with Crippen molar-refractivity contribution in [3.63, 3.8) is 0 Å². The number of hydrazone groups is 1. The Labute approximate surface area is 184 Å². The maximum Gasteiger partial charge on any atom is 0.271 e. The number of amides is 1. The van der Waals surface area contributed by atoms with E-state index in [1.54, 1.807) is 18.2 Å². The first kappa shape index (κ1) is 22.1. The van der Waals surface area contributed by atoms with Gasteiger partial charge in [-0.2, -0.15) is 5.10 Å². The van der Waals surface area contributed by atoms with Crippen LogP contribution in [-0.4, -0.2) is 32.8 Å². The van der Waals surface area contributed by atoms with E-state index >= 15 is 0 Å². The summed E-state index contributed by atoms with van der Waals surface area (Å²) in [6.45, 7) is 0. The van der Waals surface area contributed by atoms with E-state index in [1.165, 1.54) is 61.9 Å². The Kier molecular flexibility index (Phi) is 6.78. The fraction of sp³-hybridized carbons (Fsp3) is 0.0476. The van der Waals surface area contributed by atoms with Crippen molar-refractivity contribution in [2.24, 2.45) is 5.10 Å². The van der Waals surface area contributed by atoms with Crippen LogP contribution in [0.3, 0.4) is 0 Å². The molecule has 0 atom stereocenters. The van der Waals surface area contributed by atoms with Crippen LogP contribution in [0.4, 0.5) is 5.69 Å². The summed E-state index contributed by atoms with van der Waals surface area (Å²) >= 11 is 5.78. The Morgan fingerprint density at radius 2 is 1.74 bits per heavy atom. The SMILES string of the molecule is COc1cccc(/C=N\NC(=O)c2ccc(NS(=O)(=O)c3ccc(Cl)cc3)cc2)c1O. The summed E-state index contributed by atoms with van der Waals surface area (Å²) in [7, 11) is -2.36. The second kappa shape index (κ2) is 9.50. The van der Waals surface area contributed by atoms with E-state index in [2.05, 4.69) is 15.2 Å². The van der Waals surface area contributed by atoms with Crippen molar-refractivity contribution in [2.75, 3.05) is 11.8 Å². The van der Waals surface area contributed by atoms with Gasteiger partial charge in [-0.05, 0) is 60.7 Å². The first-order valence-electron chi connectivity index (χ1n) is 8.88. The van der Waals surface area contributed by atoms with Gasteiger partial charge < -0.3 is 9.84 Å². The molecule has 3 rings (SSSR count). The second-order valence-electron chi connectivity index (χ2n) is 6.23. The zero-order chi connectivity index (χ0) is 22.4. The Hall–Kier alpha value is -3.56. The van der Waals surface area contributed by atoms with Crippen LogP contribution < -0.4 is 14.9 Å². The highest BCUT2D eigenvalue weighted by Gasteiger charge is 2.14. The van der Waals surface area contributed by atoms with Gasteiger partial charge in [-0.15, -0.1) is 0 Å². The number of carbonyl (C=O) groups excluding carboxylic acids is 1. The number of phenols is 1. The van der Waals surface area contributed by atoms with Gasteiger partial charge >= 0.3 is 0 Å². The van der Waals surface area contributed by atoms with Gasteiger partial charge in [-0.1, -0.05) is 17.7 Å². The van der Waals surface area contributed by atoms with Gasteiger partial charge in [0.1, 0.15) is 0 Å². The minimum atomic E-state index is -3.78. The number of anilines is 1. The van der Waals surface area contributed by atoms with Crippen molar-refractivity contribution in [3.05, 3.63) is 82.9 Å². The number of rotatable bonds is 7. The topological polar surface area (TPSA) is 117 Å². The predicted molar refractivity (Wildman–Crippen MR) is 118 cm³/mol. The first-order chi connectivity index (χ1) is 14.8. The van der Waals surface area contributed by atoms with E-state index in [1.807, 2.05) is 0 Å². The molecule has 10 heteroatoms. The van der Waals surface area contributed by atoms with E-state index in [0.29, 0.717) is 10.6 Å². The molecule has 3 N–H and O–H groups in total. The average molecular weight is 460 g/mol. The quantitative estimate of drug-likeness (QED) is 0.368. The number of sulfonamides is 1. The van der Waals surface area contributed by atoms with Gasteiger partial charge in [0.15, 0.2) is 11.5 Å². The van der Waals surface area contributed by atoms with E-state index in [0.717, 1.165) is 0 Å². The number of hydrogen-bond donors (Lipinski definition) is 3. The van der Waals surface area contributed by atoms with E-state index < -0.39 is 15.9 Å². The van der Waals surface area contributed by atoms with Crippen LogP contribution in [0.2, 0.25) is 5.02 Å². The van der Waals surface area contributed by atoms with Gasteiger partial charge in [0.2, 0.25) is 0 Å². The maximum atomic E-state index is 12.4. The number of phenolic OH excluding ortho intramolecular Hbond substituents is 1. The highest BCUT2D eigenvalue weighted by Crippen LogP contribution is 2.28. The summed E-state index contributed by atoms with van der Waals surface area (Å²) < 4.78 is 32.2. The molecule has 0 unspecified atom stereocenters. The summed E-state index contributed by atoms with van der Waals surface area (Å²) in [5, 5.41) is 14.2. The molecule has 3 aromatic carbocycles. The van der Waals surface area contributed by atoms with Crippen LogP contribution in [0.5, 0.6) is 11.5 Å². The van der Waals surface area contributed by atoms with Crippen LogP contribution in [0.25, 0.3) is 0 Å². The van der Waals surface area contributed by atoms with Crippen molar-refractivity contribution in [1.82, 2.24) is 5.43 Å². The number of carbonyl (C=O) groups is 1. The van der Waals surface area contributed by atoms with E-state index in [4.69, 9.17) is 16.3 Å². The molecule has 0 bridgehead atoms. The molecule has 0 radical (unpaired) electrons. The number of benzene rings is 3. The van der Waals surface area contributed by atoms with Crippen molar-refractivity contribution in [2.45, 2.75) is 4.90 Å². The third-order valence-electron chi connectivity index (χ3n) is 4.14. The summed E-state index contributed by atoms with van der Waals surface area (Å²) in [6, 6.07) is 16.4. The number of nitrogens with one attached hydrogen (secondary N) is 2. The van der Waals surface area contributed by atoms with E-state index in [-0.39, 0.29) is 27.6 Å². The second-order valence-corrected chi connectivity index (χ2v) is 8.35. The monoisotopic (exact) mass is 459 g/mol. The van der Waals surface area contributed by atoms with Gasteiger partial charge in [0, 0.05) is 21.8 Å². The number of hydrogen-bond acceptors (Lipinski definition) is 6. The molecule has 31 heavy (non-hydrogen) atoms. The molecule has 0 aliphatic rings. The zero-order valence-electron chi connectivity index (χ0n) is 16.2. The van der Waals surface area contributed by atoms with Gasteiger partial charge in [0.25, 0.3) is 15.9 Å². The fourth-order valence-corrected chi connectivity index (χ4v) is 3.74. The Balaban J connectivity index is 1.64. The summed E-state index contributed by atoms with van der Waals surface area (Å²) in [5.41, 5.74) is 3.26. The molecule has 0 fully saturated rings. The molecule has 0 saturated carbocycles. The zero-order valence-corrected chi connectivity index (χ0v) is 17.8. The largest absolute Gasteiger partial charge is 0.504 e. The molecule has 1 amide bonds. The molecule has 3 aromatic rings. The Bertz CT molecular complexity index is 1210. The van der Waals surface area contributed by atoms with Crippen LogP contribution in [0.15, 0.2) is 76.7 Å². The van der Waals surface area contributed by atoms with Crippen LogP contribution in [0, 0.1) is 0 Å². The third kappa shape index (κ3) is 5.53. The molecule has 0 aromatic heterocycles. The Morgan fingerprint density at radius 3 is 2.39 bits per heavy atom. The lowest BCUT2D eigenvalue weighted by molar-refractivity contribution is 0.0955. The average Bonchev–Trinajstić information content (AvgIpc) is 2.75. The summed E-state index contributed by atoms with van der Waals surface area (Å²) in [5.74, 6) is -0.321. The number of para-hydroxylation sites is 1. The van der Waals surface area contributed by atoms with Crippen LogP contribution >= 0.6 is 11.6 Å². The van der Waals surface area contributed by atoms with Crippen LogP contribution in [0.1, 0.15) is 15.9 Å². The standard InChI is InChI=1S/C21H18ClN3O5S/c1-30-19-4-2-3-15(20(19)26)13-23-24-21(27)14-5-9-17(10-6-14)25-31(28,29)18-11-7-16(22)8-12-18/h2-13,25-26H,1H3,(H,24,27)/b23-13-. The van der Waals surface area contributed by atoms with Crippen LogP contribution in [-0.2, 0) is 10.0 Å². The number of aromatic hydroxyl groups is 1. The van der Waals surface area contributed by atoms with Crippen molar-refractivity contribution in [3.8, 4) is 11.5 Å². The van der Waals surface area contributed by atoms with Crippen molar-refractivity contribution < 1.29 is 23.1 Å². The lowest BCUT2D eigenvalue weighted by Crippen LogP contribution is -2.18. The molecule has 0 aliphatic heterocycles. The lowest BCUT2D eigenvalue weighted by Gasteiger charge is -2.09. The van der Waals surface area contributed by atoms with Gasteiger partial charge in [-0.3, -0.25) is 9.52 Å². The van der Waals surface area contributed by atoms with Gasteiger partial charge in [0.05, 0.1) is 18.2 Å². The number of halogens is 1. The molecule has 0 heterocycles. The minimum absolute atomic E-state index is 0.0638. The normalized spacial score (nSPS) is 11.3. The van der Waals surface area contributed by atoms with Crippen molar-refractivity contribution in [1.29, 1.82) is 0 Å². The van der Waals surface area contributed by atoms with Gasteiger partial charge in [-0.25, -0.2) is 13.8 Å². The number of ether oxygens (including phenoxy) is 1. The first-order valence-corrected chi connectivity index (χ1v) is 10.7. The minimum Gasteiger partial charge on any atom is -0.504 e. The van der Waals surface area contributed by atoms with Crippen molar-refractivity contribution >= 4 is 39.4 Å².